The molecule has 0 aromatic heterocycles. The predicted octanol–water partition coefficient (Wildman–Crippen LogP) is 1.33. The van der Waals surface area contributed by atoms with E-state index in [4.69, 9.17) is 10.2 Å². The maximum absolute atomic E-state index is 13.5. The van der Waals surface area contributed by atoms with E-state index in [2.05, 4.69) is 10.6 Å². The summed E-state index contributed by atoms with van der Waals surface area (Å²) in [6, 6.07) is 2.27. The third-order valence-electron chi connectivity index (χ3n) is 3.06. The van der Waals surface area contributed by atoms with Crippen molar-refractivity contribution in [2.45, 2.75) is 32.4 Å². The van der Waals surface area contributed by atoms with E-state index in [9.17, 15) is 14.0 Å². The first kappa shape index (κ1) is 16.9. The topological polar surface area (TPSA) is 98.7 Å². The quantitative estimate of drug-likeness (QED) is 0.636. The molecule has 0 fully saturated rings. The molecule has 116 valence electrons. The van der Waals surface area contributed by atoms with Gasteiger partial charge in [-0.1, -0.05) is 12.1 Å². The van der Waals surface area contributed by atoms with Gasteiger partial charge in [0.15, 0.2) is 0 Å². The van der Waals surface area contributed by atoms with Gasteiger partial charge in [-0.3, -0.25) is 0 Å². The number of aryl methyl sites for hydroxylation is 1. The van der Waals surface area contributed by atoms with Gasteiger partial charge in [-0.25, -0.2) is 14.0 Å². The van der Waals surface area contributed by atoms with Gasteiger partial charge in [0.25, 0.3) is 0 Å². The van der Waals surface area contributed by atoms with E-state index in [0.717, 1.165) is 0 Å². The van der Waals surface area contributed by atoms with Crippen LogP contribution in [0, 0.1) is 12.7 Å². The average molecular weight is 298 g/mol. The van der Waals surface area contributed by atoms with Crippen molar-refractivity contribution in [3.8, 4) is 0 Å². The number of urea groups is 1. The maximum Gasteiger partial charge on any atom is 0.326 e. The van der Waals surface area contributed by atoms with Crippen LogP contribution < -0.4 is 10.6 Å². The zero-order valence-electron chi connectivity index (χ0n) is 11.9. The van der Waals surface area contributed by atoms with Gasteiger partial charge in [-0.15, -0.1) is 0 Å². The van der Waals surface area contributed by atoms with Crippen molar-refractivity contribution in [2.24, 2.45) is 0 Å². The summed E-state index contributed by atoms with van der Waals surface area (Å²) in [5, 5.41) is 22.4. The molecule has 2 amide bonds. The summed E-state index contributed by atoms with van der Waals surface area (Å²) in [6.07, 6.45) is -0.0870. The lowest BCUT2D eigenvalue weighted by atomic mass is 10.1. The summed E-state index contributed by atoms with van der Waals surface area (Å²) in [7, 11) is 0. The van der Waals surface area contributed by atoms with E-state index in [-0.39, 0.29) is 18.8 Å². The van der Waals surface area contributed by atoms with Gasteiger partial charge in [0.05, 0.1) is 6.04 Å². The lowest BCUT2D eigenvalue weighted by molar-refractivity contribution is -0.139. The van der Waals surface area contributed by atoms with Gasteiger partial charge in [-0.05, 0) is 31.0 Å². The van der Waals surface area contributed by atoms with Crippen LogP contribution in [0.4, 0.5) is 9.18 Å². The normalized spacial score (nSPS) is 13.3. The van der Waals surface area contributed by atoms with Crippen LogP contribution in [0.1, 0.15) is 30.5 Å². The number of aliphatic hydroxyl groups excluding tert-OH is 1. The largest absolute Gasteiger partial charge is 0.480 e. The lowest BCUT2D eigenvalue weighted by Crippen LogP contribution is -2.47. The van der Waals surface area contributed by atoms with Crippen molar-refractivity contribution >= 4 is 12.0 Å². The third-order valence-corrected chi connectivity index (χ3v) is 3.06. The van der Waals surface area contributed by atoms with Gasteiger partial charge in [0.2, 0.25) is 0 Å². The number of benzene rings is 1. The van der Waals surface area contributed by atoms with Gasteiger partial charge in [-0.2, -0.15) is 0 Å². The molecule has 2 atom stereocenters. The Morgan fingerprint density at radius 1 is 1.33 bits per heavy atom. The molecule has 0 aliphatic rings. The van der Waals surface area contributed by atoms with Gasteiger partial charge >= 0.3 is 12.0 Å². The Morgan fingerprint density at radius 3 is 2.52 bits per heavy atom. The molecule has 6 nitrogen and oxygen atoms in total. The van der Waals surface area contributed by atoms with Crippen LogP contribution in [-0.2, 0) is 4.79 Å². The van der Waals surface area contributed by atoms with Crippen molar-refractivity contribution in [2.75, 3.05) is 6.61 Å². The molecule has 0 bridgehead atoms. The van der Waals surface area contributed by atoms with Gasteiger partial charge in [0, 0.05) is 13.0 Å². The number of carbonyl (C=O) groups excluding carboxylic acids is 1. The molecule has 7 heteroatoms. The number of nitrogens with one attached hydrogen (secondary N) is 2. The van der Waals surface area contributed by atoms with Gasteiger partial charge < -0.3 is 20.8 Å². The van der Waals surface area contributed by atoms with Crippen LogP contribution >= 0.6 is 0 Å². The monoisotopic (exact) mass is 298 g/mol. The second kappa shape index (κ2) is 7.58. The van der Waals surface area contributed by atoms with E-state index < -0.39 is 24.1 Å². The maximum atomic E-state index is 13.5. The molecule has 0 saturated heterocycles. The first-order chi connectivity index (χ1) is 9.85. The van der Waals surface area contributed by atoms with Crippen molar-refractivity contribution in [1.29, 1.82) is 0 Å². The summed E-state index contributed by atoms with van der Waals surface area (Å²) >= 11 is 0. The van der Waals surface area contributed by atoms with E-state index in [1.165, 1.54) is 6.07 Å². The summed E-state index contributed by atoms with van der Waals surface area (Å²) < 4.78 is 13.5. The molecule has 1 aromatic rings. The molecule has 21 heavy (non-hydrogen) atoms. The summed E-state index contributed by atoms with van der Waals surface area (Å²) in [4.78, 5) is 22.6. The van der Waals surface area contributed by atoms with Crippen molar-refractivity contribution in [1.82, 2.24) is 10.6 Å². The van der Waals surface area contributed by atoms with E-state index in [0.29, 0.717) is 11.1 Å². The number of carbonyl (C=O) groups is 2. The van der Waals surface area contributed by atoms with Crippen molar-refractivity contribution in [3.63, 3.8) is 0 Å². The zero-order chi connectivity index (χ0) is 16.0. The van der Waals surface area contributed by atoms with Crippen molar-refractivity contribution < 1.29 is 24.2 Å². The molecule has 0 aliphatic heterocycles. The molecule has 0 aliphatic carbocycles. The highest BCUT2D eigenvalue weighted by molar-refractivity contribution is 5.82. The van der Waals surface area contributed by atoms with Crippen LogP contribution in [0.3, 0.4) is 0 Å². The van der Waals surface area contributed by atoms with Crippen LogP contribution in [0.5, 0.6) is 0 Å². The number of carboxylic acid groups (broad SMARTS) is 1. The molecule has 0 spiro atoms. The summed E-state index contributed by atoms with van der Waals surface area (Å²) in [5.74, 6) is -1.60. The minimum atomic E-state index is -1.23. The number of halogens is 1. The molecular formula is C14H19FN2O4. The highest BCUT2D eigenvalue weighted by Crippen LogP contribution is 2.16. The minimum Gasteiger partial charge on any atom is -0.480 e. The van der Waals surface area contributed by atoms with E-state index in [1.807, 2.05) is 0 Å². The molecule has 0 saturated carbocycles. The molecule has 1 unspecified atom stereocenters. The lowest BCUT2D eigenvalue weighted by Gasteiger charge is -2.18. The van der Waals surface area contributed by atoms with Crippen LogP contribution in [-0.4, -0.2) is 34.9 Å². The summed E-state index contributed by atoms with van der Waals surface area (Å²) in [6.45, 7) is 2.94. The number of amides is 2. The second-order valence-electron chi connectivity index (χ2n) is 4.75. The van der Waals surface area contributed by atoms with Crippen LogP contribution in [0.25, 0.3) is 0 Å². The summed E-state index contributed by atoms with van der Waals surface area (Å²) in [5.41, 5.74) is 1.08. The number of hydrogen-bond donors (Lipinski definition) is 4. The highest BCUT2D eigenvalue weighted by atomic mass is 19.1. The molecule has 0 radical (unpaired) electrons. The Hall–Kier alpha value is -2.15. The van der Waals surface area contributed by atoms with Crippen molar-refractivity contribution in [3.05, 3.63) is 35.1 Å². The first-order valence-electron chi connectivity index (χ1n) is 6.52. The Balaban J connectivity index is 2.64. The zero-order valence-corrected chi connectivity index (χ0v) is 11.9. The van der Waals surface area contributed by atoms with Gasteiger partial charge in [0.1, 0.15) is 11.9 Å². The average Bonchev–Trinajstić information content (AvgIpc) is 2.41. The molecule has 1 rings (SSSR count). The van der Waals surface area contributed by atoms with Crippen LogP contribution in [0.2, 0.25) is 0 Å². The number of rotatable bonds is 6. The molecule has 0 heterocycles. The smallest absolute Gasteiger partial charge is 0.326 e. The SMILES string of the molecule is Cc1ccc(C(C)NC(=O)N[C@H](CCO)C(=O)O)cc1F. The molecule has 1 aromatic carbocycles. The van der Waals surface area contributed by atoms with Crippen LogP contribution in [0.15, 0.2) is 18.2 Å². The first-order valence-corrected chi connectivity index (χ1v) is 6.52. The third kappa shape index (κ3) is 5.03. The number of aliphatic carboxylic acids is 1. The number of hydrogen-bond acceptors (Lipinski definition) is 3. The molecular weight excluding hydrogens is 279 g/mol. The predicted molar refractivity (Wildman–Crippen MR) is 74.3 cm³/mol. The van der Waals surface area contributed by atoms with E-state index >= 15 is 0 Å². The Bertz CT molecular complexity index is 522. The minimum absolute atomic E-state index is 0.0870. The fourth-order valence-corrected chi connectivity index (χ4v) is 1.74. The fourth-order valence-electron chi connectivity index (χ4n) is 1.74. The highest BCUT2D eigenvalue weighted by Gasteiger charge is 2.20. The fraction of sp³-hybridized carbons (Fsp3) is 0.429. The van der Waals surface area contributed by atoms with E-state index in [1.54, 1.807) is 26.0 Å². The standard InChI is InChI=1S/C14H19FN2O4/c1-8-3-4-10(7-11(8)15)9(2)16-14(21)17-12(5-6-18)13(19)20/h3-4,7,9,12,18H,5-6H2,1-2H3,(H,19,20)(H2,16,17,21)/t9?,12-/m1/s1. The Morgan fingerprint density at radius 2 is 2.00 bits per heavy atom. The Labute approximate surface area is 122 Å². The Kier molecular flexibility index (Phi) is 6.10. The number of aliphatic hydroxyl groups is 1. The molecule has 4 N–H and O–H groups in total. The number of carboxylic acids is 1. The second-order valence-corrected chi connectivity index (χ2v) is 4.75.